The van der Waals surface area contributed by atoms with E-state index in [1.165, 1.54) is 10.8 Å². The number of esters is 1. The maximum absolute atomic E-state index is 13.1. The van der Waals surface area contributed by atoms with Crippen LogP contribution in [0.4, 0.5) is 0 Å². The summed E-state index contributed by atoms with van der Waals surface area (Å²) >= 11 is 0. The van der Waals surface area contributed by atoms with Gasteiger partial charge in [-0.3, -0.25) is 4.79 Å². The Morgan fingerprint density at radius 2 is 1.64 bits per heavy atom. The average molecular weight is 633 g/mol. The minimum Gasteiger partial charge on any atom is -0.497 e. The van der Waals surface area contributed by atoms with Crippen LogP contribution in [0.15, 0.2) is 96.8 Å². The summed E-state index contributed by atoms with van der Waals surface area (Å²) in [5.74, 6) is 1.37. The molecule has 0 aliphatic heterocycles. The monoisotopic (exact) mass is 632 g/mol. The third-order valence-electron chi connectivity index (χ3n) is 8.42. The first kappa shape index (κ1) is 37.8. The second-order valence-corrected chi connectivity index (χ2v) is 17.3. The molecule has 0 radical (unpaired) electrons. The first-order valence-electron chi connectivity index (χ1n) is 16.2. The Labute approximate surface area is 274 Å². The lowest BCUT2D eigenvalue weighted by atomic mass is 9.93. The molecular weight excluding hydrogens is 577 g/mol. The van der Waals surface area contributed by atoms with Crippen molar-refractivity contribution in [3.05, 3.63) is 108 Å². The average Bonchev–Trinajstić information content (AvgIpc) is 3.03. The lowest BCUT2D eigenvalue weighted by Gasteiger charge is -2.29. The van der Waals surface area contributed by atoms with E-state index in [2.05, 4.69) is 96.4 Å². The molecule has 6 heteroatoms. The van der Waals surface area contributed by atoms with Gasteiger partial charge in [0.2, 0.25) is 0 Å². The zero-order valence-corrected chi connectivity index (χ0v) is 29.9. The number of rotatable bonds is 20. The third kappa shape index (κ3) is 12.5. The van der Waals surface area contributed by atoms with E-state index in [9.17, 15) is 4.79 Å². The Hall–Kier alpha value is -3.35. The van der Waals surface area contributed by atoms with Gasteiger partial charge in [0.05, 0.1) is 35.0 Å². The van der Waals surface area contributed by atoms with Crippen LogP contribution < -0.4 is 9.47 Å². The smallest absolute Gasteiger partial charge is 0.306 e. The fraction of sp³-hybridized carbons (Fsp3) is 0.462. The van der Waals surface area contributed by atoms with Crippen LogP contribution >= 0.6 is 0 Å². The minimum absolute atomic E-state index is 0.0269. The van der Waals surface area contributed by atoms with Crippen LogP contribution in [-0.2, 0) is 26.9 Å². The Bertz CT molecular complexity index is 1280. The van der Waals surface area contributed by atoms with Gasteiger partial charge in [-0.05, 0) is 56.9 Å². The van der Waals surface area contributed by atoms with E-state index in [0.717, 1.165) is 47.9 Å². The highest BCUT2D eigenvalue weighted by Gasteiger charge is 2.29. The van der Waals surface area contributed by atoms with Gasteiger partial charge in [0.1, 0.15) is 17.6 Å². The first-order chi connectivity index (χ1) is 21.4. The predicted octanol–water partition coefficient (Wildman–Crippen LogP) is 9.63. The fourth-order valence-electron chi connectivity index (χ4n) is 5.51. The molecule has 0 aliphatic rings. The van der Waals surface area contributed by atoms with Crippen molar-refractivity contribution < 1.29 is 23.7 Å². The van der Waals surface area contributed by atoms with Crippen molar-refractivity contribution in [3.63, 3.8) is 0 Å². The maximum atomic E-state index is 13.1. The van der Waals surface area contributed by atoms with Crippen LogP contribution in [-0.4, -0.2) is 40.5 Å². The number of methoxy groups -OCH3 is 2. The Balaban J connectivity index is 2.27. The SMILES string of the molecule is C=CCCCCC(=O)O[C@@H](/C(C)=C/[C@H](C)[C@@H](C)OCc1ccc(OC)cc1OC)[C@@H](C)/C=C(\C=C)[Si](C)(C)Cc1ccccc1. The van der Waals surface area contributed by atoms with E-state index < -0.39 is 8.07 Å². The van der Waals surface area contributed by atoms with E-state index >= 15 is 0 Å². The molecule has 2 rings (SSSR count). The Morgan fingerprint density at radius 3 is 2.27 bits per heavy atom. The second-order valence-electron chi connectivity index (χ2n) is 12.6. The van der Waals surface area contributed by atoms with E-state index in [0.29, 0.717) is 13.0 Å². The summed E-state index contributed by atoms with van der Waals surface area (Å²) in [5, 5.41) is 1.27. The van der Waals surface area contributed by atoms with Gasteiger partial charge in [0, 0.05) is 29.9 Å². The van der Waals surface area contributed by atoms with Gasteiger partial charge in [-0.2, -0.15) is 0 Å². The molecule has 4 atom stereocenters. The molecule has 0 bridgehead atoms. The molecule has 2 aromatic carbocycles. The lowest BCUT2D eigenvalue weighted by molar-refractivity contribution is -0.148. The van der Waals surface area contributed by atoms with Crippen molar-refractivity contribution in [3.8, 4) is 11.5 Å². The summed E-state index contributed by atoms with van der Waals surface area (Å²) in [6.07, 6.45) is 10.9. The van der Waals surface area contributed by atoms with Crippen LogP contribution in [0.25, 0.3) is 0 Å². The van der Waals surface area contributed by atoms with Crippen molar-refractivity contribution in [1.29, 1.82) is 0 Å². The third-order valence-corrected chi connectivity index (χ3v) is 11.6. The number of benzene rings is 2. The molecular formula is C39H56O5Si. The number of carbonyl (C=O) groups is 1. The van der Waals surface area contributed by atoms with Crippen LogP contribution in [0, 0.1) is 11.8 Å². The summed E-state index contributed by atoms with van der Waals surface area (Å²) in [6, 6.07) is 17.4. The number of unbranched alkanes of at least 4 members (excludes halogenated alkanes) is 2. The number of allylic oxidation sites excluding steroid dienone is 3. The summed E-state index contributed by atoms with van der Waals surface area (Å²) in [4.78, 5) is 13.1. The number of carbonyl (C=O) groups excluding carboxylic acids is 1. The molecule has 0 saturated heterocycles. The molecule has 2 aromatic rings. The highest BCUT2D eigenvalue weighted by Crippen LogP contribution is 2.29. The highest BCUT2D eigenvalue weighted by molar-refractivity contribution is 6.84. The van der Waals surface area contributed by atoms with Gasteiger partial charge in [-0.1, -0.05) is 98.9 Å². The molecule has 0 heterocycles. The number of hydrogen-bond acceptors (Lipinski definition) is 5. The van der Waals surface area contributed by atoms with Crippen molar-refractivity contribution in [2.75, 3.05) is 14.2 Å². The van der Waals surface area contributed by atoms with Crippen molar-refractivity contribution in [2.24, 2.45) is 11.8 Å². The maximum Gasteiger partial charge on any atom is 0.306 e. The second kappa shape index (κ2) is 19.2. The molecule has 0 saturated carbocycles. The molecule has 0 unspecified atom stereocenters. The highest BCUT2D eigenvalue weighted by atomic mass is 28.3. The van der Waals surface area contributed by atoms with Crippen molar-refractivity contribution in [1.82, 2.24) is 0 Å². The number of hydrogen-bond donors (Lipinski definition) is 0. The topological polar surface area (TPSA) is 54.0 Å². The fourth-order valence-corrected chi connectivity index (χ4v) is 8.24. The quantitative estimate of drug-likeness (QED) is 0.0478. The zero-order valence-electron chi connectivity index (χ0n) is 28.9. The van der Waals surface area contributed by atoms with Gasteiger partial charge in [-0.25, -0.2) is 0 Å². The van der Waals surface area contributed by atoms with Crippen LogP contribution in [0.2, 0.25) is 13.1 Å². The molecule has 0 aliphatic carbocycles. The summed E-state index contributed by atoms with van der Waals surface area (Å²) in [6.45, 7) is 21.6. The standard InChI is InChI=1S/C39H56O5Si/c1-11-13-14-18-21-38(40)44-39(31(5)25-36(12-2)45(9,10)28-33-19-16-15-17-20-33)30(4)24-29(3)32(6)43-27-34-22-23-35(41-7)26-37(34)42-8/h11-12,15-17,19-20,22-26,29,31-32,39H,1-2,13-14,18,21,27-28H2,3-10H3/b30-24+,36-25+/t29-,31-,32+,39-/m0/s1. The summed E-state index contributed by atoms with van der Waals surface area (Å²) in [7, 11) is 1.43. The predicted molar refractivity (Wildman–Crippen MR) is 190 cm³/mol. The molecule has 5 nitrogen and oxygen atoms in total. The van der Waals surface area contributed by atoms with E-state index in [1.54, 1.807) is 14.2 Å². The Morgan fingerprint density at radius 1 is 0.933 bits per heavy atom. The zero-order chi connectivity index (χ0) is 33.4. The van der Waals surface area contributed by atoms with Crippen LogP contribution in [0.1, 0.15) is 64.5 Å². The molecule has 246 valence electrons. The van der Waals surface area contributed by atoms with Gasteiger partial charge < -0.3 is 18.9 Å². The Kier molecular flexibility index (Phi) is 16.2. The molecule has 0 spiro atoms. The van der Waals surface area contributed by atoms with Crippen molar-refractivity contribution in [2.45, 2.75) is 91.3 Å². The molecule has 0 aromatic heterocycles. The van der Waals surface area contributed by atoms with Crippen LogP contribution in [0.5, 0.6) is 11.5 Å². The number of ether oxygens (including phenoxy) is 4. The van der Waals surface area contributed by atoms with E-state index in [1.807, 2.05) is 30.4 Å². The minimum atomic E-state index is -1.86. The van der Waals surface area contributed by atoms with Crippen molar-refractivity contribution >= 4 is 14.0 Å². The van der Waals surface area contributed by atoms with Gasteiger partial charge in [0.25, 0.3) is 0 Å². The first-order valence-corrected chi connectivity index (χ1v) is 19.4. The molecule has 0 N–H and O–H groups in total. The lowest BCUT2D eigenvalue weighted by Crippen LogP contribution is -2.34. The largest absolute Gasteiger partial charge is 0.497 e. The van der Waals surface area contributed by atoms with Gasteiger partial charge in [-0.15, -0.1) is 6.58 Å². The molecule has 0 fully saturated rings. The molecule has 0 amide bonds. The van der Waals surface area contributed by atoms with E-state index in [4.69, 9.17) is 18.9 Å². The summed E-state index contributed by atoms with van der Waals surface area (Å²) in [5.41, 5.74) is 3.32. The molecule has 45 heavy (non-hydrogen) atoms. The van der Waals surface area contributed by atoms with Gasteiger partial charge >= 0.3 is 5.97 Å². The summed E-state index contributed by atoms with van der Waals surface area (Å²) < 4.78 is 23.4. The van der Waals surface area contributed by atoms with E-state index in [-0.39, 0.29) is 30.0 Å². The normalized spacial score (nSPS) is 15.0. The van der Waals surface area contributed by atoms with Gasteiger partial charge in [0.15, 0.2) is 0 Å². The van der Waals surface area contributed by atoms with Crippen LogP contribution in [0.3, 0.4) is 0 Å².